The van der Waals surface area contributed by atoms with E-state index in [4.69, 9.17) is 4.74 Å². The lowest BCUT2D eigenvalue weighted by molar-refractivity contribution is 0.0277. The molecule has 3 rings (SSSR count). The highest BCUT2D eigenvalue weighted by Crippen LogP contribution is 2.43. The van der Waals surface area contributed by atoms with Crippen LogP contribution in [0.5, 0.6) is 0 Å². The Balaban J connectivity index is 1.57. The Bertz CT molecular complexity index is 464. The summed E-state index contributed by atoms with van der Waals surface area (Å²) in [6, 6.07) is 2.47. The smallest absolute Gasteiger partial charge is 0.410 e. The van der Waals surface area contributed by atoms with Gasteiger partial charge in [-0.1, -0.05) is 0 Å². The van der Waals surface area contributed by atoms with Gasteiger partial charge < -0.3 is 9.64 Å². The molecule has 1 amide bonds. The zero-order valence-electron chi connectivity index (χ0n) is 12.5. The van der Waals surface area contributed by atoms with Gasteiger partial charge in [0.15, 0.2) is 0 Å². The van der Waals surface area contributed by atoms with Crippen molar-refractivity contribution in [3.8, 4) is 0 Å². The lowest BCUT2D eigenvalue weighted by Gasteiger charge is -2.25. The fourth-order valence-corrected chi connectivity index (χ4v) is 3.46. The van der Waals surface area contributed by atoms with Crippen LogP contribution in [0.4, 0.5) is 4.79 Å². The normalized spacial score (nSPS) is 29.6. The molecule has 110 valence electrons. The number of carbonyl (C=O) groups excluding carboxylic acids is 1. The molecule has 1 aliphatic heterocycles. The zero-order chi connectivity index (χ0) is 14.3. The fourth-order valence-electron chi connectivity index (χ4n) is 3.46. The van der Waals surface area contributed by atoms with Crippen LogP contribution in [0.1, 0.15) is 39.7 Å². The molecule has 0 bridgehead atoms. The van der Waals surface area contributed by atoms with Gasteiger partial charge in [-0.3, -0.25) is 4.68 Å². The Labute approximate surface area is 119 Å². The summed E-state index contributed by atoms with van der Waals surface area (Å²) in [5.74, 6) is 1.19. The second kappa shape index (κ2) is 4.79. The maximum absolute atomic E-state index is 12.1. The minimum atomic E-state index is -0.410. The number of hydrogen-bond acceptors (Lipinski definition) is 3. The van der Waals surface area contributed by atoms with E-state index >= 15 is 0 Å². The largest absolute Gasteiger partial charge is 0.444 e. The monoisotopic (exact) mass is 277 g/mol. The van der Waals surface area contributed by atoms with E-state index in [-0.39, 0.29) is 6.09 Å². The molecule has 2 heterocycles. The van der Waals surface area contributed by atoms with E-state index in [9.17, 15) is 4.79 Å². The van der Waals surface area contributed by atoms with Crippen molar-refractivity contribution in [3.05, 3.63) is 18.5 Å². The third-order valence-corrected chi connectivity index (χ3v) is 4.28. The van der Waals surface area contributed by atoms with Gasteiger partial charge in [-0.25, -0.2) is 4.79 Å². The number of rotatable bonds is 1. The van der Waals surface area contributed by atoms with Crippen LogP contribution in [0, 0.1) is 11.8 Å². The van der Waals surface area contributed by atoms with E-state index in [1.807, 2.05) is 44.1 Å². The first-order valence-electron chi connectivity index (χ1n) is 7.39. The average Bonchev–Trinajstić information content (AvgIpc) is 3.01. The van der Waals surface area contributed by atoms with E-state index in [1.165, 1.54) is 0 Å². The minimum Gasteiger partial charge on any atom is -0.444 e. The van der Waals surface area contributed by atoms with E-state index in [1.54, 1.807) is 0 Å². The summed E-state index contributed by atoms with van der Waals surface area (Å²) in [6.07, 6.45) is 5.94. The van der Waals surface area contributed by atoms with Crippen LogP contribution in [-0.4, -0.2) is 39.5 Å². The lowest BCUT2D eigenvalue weighted by Crippen LogP contribution is -2.36. The van der Waals surface area contributed by atoms with Crippen molar-refractivity contribution in [1.29, 1.82) is 0 Å². The molecule has 5 nitrogen and oxygen atoms in total. The Morgan fingerprint density at radius 2 is 1.90 bits per heavy atom. The molecule has 2 atom stereocenters. The van der Waals surface area contributed by atoms with Crippen molar-refractivity contribution in [2.75, 3.05) is 13.1 Å². The molecular weight excluding hydrogens is 254 g/mol. The first kappa shape index (κ1) is 13.5. The predicted octanol–water partition coefficient (Wildman–Crippen LogP) is 2.70. The summed E-state index contributed by atoms with van der Waals surface area (Å²) >= 11 is 0. The lowest BCUT2D eigenvalue weighted by atomic mass is 10.0. The third-order valence-electron chi connectivity index (χ3n) is 4.28. The molecule has 0 spiro atoms. The van der Waals surface area contributed by atoms with Crippen molar-refractivity contribution in [1.82, 2.24) is 14.7 Å². The number of aromatic nitrogens is 2. The highest BCUT2D eigenvalue weighted by molar-refractivity contribution is 5.68. The van der Waals surface area contributed by atoms with E-state index in [0.717, 1.165) is 25.9 Å². The molecule has 5 heteroatoms. The molecule has 0 radical (unpaired) electrons. The summed E-state index contributed by atoms with van der Waals surface area (Å²) in [5, 5.41) is 4.34. The molecule has 0 N–H and O–H groups in total. The third kappa shape index (κ3) is 2.67. The maximum atomic E-state index is 12.1. The molecule has 20 heavy (non-hydrogen) atoms. The van der Waals surface area contributed by atoms with Crippen molar-refractivity contribution >= 4 is 6.09 Å². The Morgan fingerprint density at radius 3 is 2.40 bits per heavy atom. The number of likely N-dealkylation sites (tertiary alicyclic amines) is 1. The van der Waals surface area contributed by atoms with Gasteiger partial charge in [0.05, 0.1) is 6.04 Å². The summed E-state index contributed by atoms with van der Waals surface area (Å²) < 4.78 is 7.52. The van der Waals surface area contributed by atoms with E-state index in [2.05, 4.69) is 9.78 Å². The molecule has 1 aliphatic carbocycles. The fraction of sp³-hybridized carbons (Fsp3) is 0.733. The van der Waals surface area contributed by atoms with Crippen LogP contribution in [0.3, 0.4) is 0 Å². The predicted molar refractivity (Wildman–Crippen MR) is 75.3 cm³/mol. The number of ether oxygens (including phenoxy) is 1. The van der Waals surface area contributed by atoms with Crippen molar-refractivity contribution in [3.63, 3.8) is 0 Å². The molecular formula is C15H23N3O2. The Hall–Kier alpha value is -1.52. The topological polar surface area (TPSA) is 47.4 Å². The summed E-state index contributed by atoms with van der Waals surface area (Å²) in [4.78, 5) is 14.0. The number of nitrogens with zero attached hydrogens (tertiary/aromatic N) is 3. The first-order valence-corrected chi connectivity index (χ1v) is 7.39. The molecule has 1 aromatic heterocycles. The summed E-state index contributed by atoms with van der Waals surface area (Å²) in [6.45, 7) is 7.40. The second-order valence-electron chi connectivity index (χ2n) is 7.02. The van der Waals surface area contributed by atoms with Crippen LogP contribution >= 0.6 is 0 Å². The highest BCUT2D eigenvalue weighted by atomic mass is 16.6. The number of carbonyl (C=O) groups is 1. The summed E-state index contributed by atoms with van der Waals surface area (Å²) in [5.41, 5.74) is -0.410. The van der Waals surface area contributed by atoms with Gasteiger partial charge in [-0.05, 0) is 51.5 Å². The molecule has 1 aromatic rings. The Kier molecular flexibility index (Phi) is 3.22. The Morgan fingerprint density at radius 1 is 1.25 bits per heavy atom. The van der Waals surface area contributed by atoms with E-state index < -0.39 is 5.60 Å². The van der Waals surface area contributed by atoms with Crippen LogP contribution in [0.15, 0.2) is 18.5 Å². The van der Waals surface area contributed by atoms with Crippen molar-refractivity contribution in [2.24, 2.45) is 11.8 Å². The van der Waals surface area contributed by atoms with Gasteiger partial charge in [0.1, 0.15) is 5.60 Å². The standard InChI is InChI=1S/C15H23N3O2/c1-15(2,3)20-14(19)17-9-11-7-13(8-12(11)10-17)18-6-4-5-16-18/h4-6,11-13H,7-10H2,1-3H3. The van der Waals surface area contributed by atoms with Gasteiger partial charge >= 0.3 is 6.09 Å². The van der Waals surface area contributed by atoms with Gasteiger partial charge in [-0.2, -0.15) is 5.10 Å². The first-order chi connectivity index (χ1) is 9.42. The molecule has 1 saturated carbocycles. The van der Waals surface area contributed by atoms with Crippen LogP contribution in [-0.2, 0) is 4.74 Å². The van der Waals surface area contributed by atoms with Gasteiger partial charge in [-0.15, -0.1) is 0 Å². The zero-order valence-corrected chi connectivity index (χ0v) is 12.5. The minimum absolute atomic E-state index is 0.164. The average molecular weight is 277 g/mol. The maximum Gasteiger partial charge on any atom is 0.410 e. The number of amides is 1. The molecule has 0 aromatic carbocycles. The van der Waals surface area contributed by atoms with Crippen LogP contribution < -0.4 is 0 Å². The molecule has 1 saturated heterocycles. The molecule has 2 fully saturated rings. The summed E-state index contributed by atoms with van der Waals surface area (Å²) in [7, 11) is 0. The highest BCUT2D eigenvalue weighted by Gasteiger charge is 2.43. The van der Waals surface area contributed by atoms with Gasteiger partial charge in [0.2, 0.25) is 0 Å². The van der Waals surface area contributed by atoms with Crippen molar-refractivity contribution < 1.29 is 9.53 Å². The number of hydrogen-bond donors (Lipinski definition) is 0. The van der Waals surface area contributed by atoms with Crippen molar-refractivity contribution in [2.45, 2.75) is 45.3 Å². The van der Waals surface area contributed by atoms with Gasteiger partial charge in [0, 0.05) is 25.5 Å². The molecule has 2 unspecified atom stereocenters. The van der Waals surface area contributed by atoms with Crippen LogP contribution in [0.2, 0.25) is 0 Å². The van der Waals surface area contributed by atoms with Crippen LogP contribution in [0.25, 0.3) is 0 Å². The molecule has 2 aliphatic rings. The SMILES string of the molecule is CC(C)(C)OC(=O)N1CC2CC(n3cccn3)CC2C1. The number of fused-ring (bicyclic) bond motifs is 1. The van der Waals surface area contributed by atoms with Gasteiger partial charge in [0.25, 0.3) is 0 Å². The quantitative estimate of drug-likeness (QED) is 0.793. The second-order valence-corrected chi connectivity index (χ2v) is 7.02. The van der Waals surface area contributed by atoms with E-state index in [0.29, 0.717) is 17.9 Å².